The standard InChI is InChI=1S/C14H16Cl2N2O/c15-10-4-1-5-11(16)13(10)14(19)18-6-2-3-9-7-17-8-12(9)18/h1,4-5,9,12,17H,2-3,6-8H2. The SMILES string of the molecule is O=C(c1c(Cl)cccc1Cl)N1CCCC2CNCC21. The van der Waals surface area contributed by atoms with Crippen LogP contribution in [0.25, 0.3) is 0 Å². The highest BCUT2D eigenvalue weighted by molar-refractivity contribution is 6.39. The molecule has 2 aliphatic heterocycles. The van der Waals surface area contributed by atoms with Gasteiger partial charge in [-0.15, -0.1) is 0 Å². The van der Waals surface area contributed by atoms with Crippen molar-refractivity contribution in [3.8, 4) is 0 Å². The lowest BCUT2D eigenvalue weighted by Gasteiger charge is -2.37. The molecule has 2 saturated heterocycles. The maximum Gasteiger partial charge on any atom is 0.257 e. The molecule has 3 rings (SSSR count). The third-order valence-electron chi connectivity index (χ3n) is 4.12. The van der Waals surface area contributed by atoms with Crippen molar-refractivity contribution in [1.82, 2.24) is 10.2 Å². The first-order valence-electron chi connectivity index (χ1n) is 6.64. The van der Waals surface area contributed by atoms with Crippen LogP contribution in [0.1, 0.15) is 23.2 Å². The number of halogens is 2. The minimum atomic E-state index is -0.0333. The Balaban J connectivity index is 1.91. The number of rotatable bonds is 1. The molecule has 1 N–H and O–H groups in total. The van der Waals surface area contributed by atoms with Crippen LogP contribution in [0.4, 0.5) is 0 Å². The second-order valence-electron chi connectivity index (χ2n) is 5.22. The molecule has 2 unspecified atom stereocenters. The summed E-state index contributed by atoms with van der Waals surface area (Å²) in [6.07, 6.45) is 2.24. The third-order valence-corrected chi connectivity index (χ3v) is 4.75. The van der Waals surface area contributed by atoms with Crippen molar-refractivity contribution in [2.24, 2.45) is 5.92 Å². The molecule has 0 spiro atoms. The lowest BCUT2D eigenvalue weighted by molar-refractivity contribution is 0.0575. The maximum atomic E-state index is 12.7. The lowest BCUT2D eigenvalue weighted by Crippen LogP contribution is -2.48. The Morgan fingerprint density at radius 1 is 1.26 bits per heavy atom. The molecule has 1 amide bonds. The molecule has 1 aromatic rings. The predicted octanol–water partition coefficient (Wildman–Crippen LogP) is 2.82. The Morgan fingerprint density at radius 2 is 2.00 bits per heavy atom. The lowest BCUT2D eigenvalue weighted by atomic mass is 9.91. The van der Waals surface area contributed by atoms with Crippen LogP contribution in [0, 0.1) is 5.92 Å². The molecule has 3 nitrogen and oxygen atoms in total. The summed E-state index contributed by atoms with van der Waals surface area (Å²) in [5.41, 5.74) is 0.443. The smallest absolute Gasteiger partial charge is 0.257 e. The zero-order valence-electron chi connectivity index (χ0n) is 10.5. The Kier molecular flexibility index (Phi) is 3.70. The van der Waals surface area contributed by atoms with Gasteiger partial charge in [-0.25, -0.2) is 0 Å². The van der Waals surface area contributed by atoms with Crippen LogP contribution in [0.3, 0.4) is 0 Å². The fourth-order valence-electron chi connectivity index (χ4n) is 3.17. The van der Waals surface area contributed by atoms with E-state index in [2.05, 4.69) is 5.32 Å². The van der Waals surface area contributed by atoms with Gasteiger partial charge in [0.15, 0.2) is 0 Å². The number of carbonyl (C=O) groups is 1. The molecule has 1 aromatic carbocycles. The predicted molar refractivity (Wildman–Crippen MR) is 76.9 cm³/mol. The van der Waals surface area contributed by atoms with Gasteiger partial charge in [0.05, 0.1) is 15.6 Å². The quantitative estimate of drug-likeness (QED) is 0.865. The number of piperidine rings is 1. The summed E-state index contributed by atoms with van der Waals surface area (Å²) in [5.74, 6) is 0.535. The van der Waals surface area contributed by atoms with E-state index in [0.29, 0.717) is 21.5 Å². The van der Waals surface area contributed by atoms with Gasteiger partial charge in [0.2, 0.25) is 0 Å². The van der Waals surface area contributed by atoms with Crippen molar-refractivity contribution in [2.75, 3.05) is 19.6 Å². The topological polar surface area (TPSA) is 32.3 Å². The van der Waals surface area contributed by atoms with Gasteiger partial charge in [-0.2, -0.15) is 0 Å². The van der Waals surface area contributed by atoms with Crippen LogP contribution in [-0.4, -0.2) is 36.5 Å². The molecule has 0 aliphatic carbocycles. The second kappa shape index (κ2) is 5.31. The number of nitrogens with one attached hydrogen (secondary N) is 1. The first kappa shape index (κ1) is 13.2. The Morgan fingerprint density at radius 3 is 2.74 bits per heavy atom. The number of likely N-dealkylation sites (tertiary alicyclic amines) is 1. The van der Waals surface area contributed by atoms with E-state index in [9.17, 15) is 4.79 Å². The van der Waals surface area contributed by atoms with Crippen LogP contribution in [0.5, 0.6) is 0 Å². The molecular weight excluding hydrogens is 283 g/mol. The summed E-state index contributed by atoms with van der Waals surface area (Å²) in [6.45, 7) is 2.67. The van der Waals surface area contributed by atoms with Crippen LogP contribution in [-0.2, 0) is 0 Å². The Hall–Kier alpha value is -0.770. The Bertz CT molecular complexity index is 486. The van der Waals surface area contributed by atoms with E-state index in [1.807, 2.05) is 4.90 Å². The number of benzene rings is 1. The fraction of sp³-hybridized carbons (Fsp3) is 0.500. The van der Waals surface area contributed by atoms with Crippen molar-refractivity contribution in [3.05, 3.63) is 33.8 Å². The number of hydrogen-bond acceptors (Lipinski definition) is 2. The highest BCUT2D eigenvalue weighted by Gasteiger charge is 2.38. The first-order valence-corrected chi connectivity index (χ1v) is 7.40. The van der Waals surface area contributed by atoms with E-state index in [-0.39, 0.29) is 11.9 Å². The Labute approximate surface area is 122 Å². The molecule has 2 atom stereocenters. The van der Waals surface area contributed by atoms with Crippen molar-refractivity contribution < 1.29 is 4.79 Å². The number of amides is 1. The van der Waals surface area contributed by atoms with Gasteiger partial charge in [0.25, 0.3) is 5.91 Å². The third kappa shape index (κ3) is 2.35. The van der Waals surface area contributed by atoms with E-state index < -0.39 is 0 Å². The summed E-state index contributed by atoms with van der Waals surface area (Å²) in [5, 5.41) is 4.24. The first-order chi connectivity index (χ1) is 9.18. The highest BCUT2D eigenvalue weighted by Crippen LogP contribution is 2.31. The molecule has 5 heteroatoms. The van der Waals surface area contributed by atoms with Crippen LogP contribution in [0.15, 0.2) is 18.2 Å². The molecule has 2 heterocycles. The van der Waals surface area contributed by atoms with Gasteiger partial charge in [-0.1, -0.05) is 29.3 Å². The van der Waals surface area contributed by atoms with Crippen LogP contribution >= 0.6 is 23.2 Å². The van der Waals surface area contributed by atoms with E-state index in [4.69, 9.17) is 23.2 Å². The molecule has 19 heavy (non-hydrogen) atoms. The highest BCUT2D eigenvalue weighted by atomic mass is 35.5. The van der Waals surface area contributed by atoms with Gasteiger partial charge in [0.1, 0.15) is 0 Å². The van der Waals surface area contributed by atoms with Crippen LogP contribution in [0.2, 0.25) is 10.0 Å². The van der Waals surface area contributed by atoms with Crippen molar-refractivity contribution in [1.29, 1.82) is 0 Å². The zero-order valence-corrected chi connectivity index (χ0v) is 12.0. The van der Waals surface area contributed by atoms with Gasteiger partial charge in [0, 0.05) is 25.7 Å². The van der Waals surface area contributed by atoms with E-state index in [1.54, 1.807) is 18.2 Å². The van der Waals surface area contributed by atoms with E-state index in [1.165, 1.54) is 6.42 Å². The summed E-state index contributed by atoms with van der Waals surface area (Å²) in [6, 6.07) is 5.48. The van der Waals surface area contributed by atoms with Gasteiger partial charge >= 0.3 is 0 Å². The number of fused-ring (bicyclic) bond motifs is 1. The number of nitrogens with zero attached hydrogens (tertiary/aromatic N) is 1. The summed E-state index contributed by atoms with van der Waals surface area (Å²) >= 11 is 12.3. The average molecular weight is 299 g/mol. The summed E-state index contributed by atoms with van der Waals surface area (Å²) in [4.78, 5) is 14.7. The van der Waals surface area contributed by atoms with Gasteiger partial charge in [-0.05, 0) is 30.9 Å². The maximum absolute atomic E-state index is 12.7. The molecule has 0 saturated carbocycles. The largest absolute Gasteiger partial charge is 0.334 e. The normalized spacial score (nSPS) is 26.3. The van der Waals surface area contributed by atoms with Crippen molar-refractivity contribution in [3.63, 3.8) is 0 Å². The van der Waals surface area contributed by atoms with Crippen LogP contribution < -0.4 is 5.32 Å². The molecule has 0 radical (unpaired) electrons. The number of carbonyl (C=O) groups excluding carboxylic acids is 1. The second-order valence-corrected chi connectivity index (χ2v) is 6.04. The molecule has 0 aromatic heterocycles. The summed E-state index contributed by atoms with van der Waals surface area (Å²) in [7, 11) is 0. The zero-order chi connectivity index (χ0) is 13.4. The van der Waals surface area contributed by atoms with Crippen molar-refractivity contribution >= 4 is 29.1 Å². The monoisotopic (exact) mass is 298 g/mol. The molecule has 102 valence electrons. The van der Waals surface area contributed by atoms with E-state index in [0.717, 1.165) is 26.1 Å². The van der Waals surface area contributed by atoms with Gasteiger partial charge in [-0.3, -0.25) is 4.79 Å². The number of hydrogen-bond donors (Lipinski definition) is 1. The average Bonchev–Trinajstić information content (AvgIpc) is 2.86. The molecule has 0 bridgehead atoms. The van der Waals surface area contributed by atoms with E-state index >= 15 is 0 Å². The fourth-order valence-corrected chi connectivity index (χ4v) is 3.73. The molecule has 2 aliphatic rings. The summed E-state index contributed by atoms with van der Waals surface area (Å²) < 4.78 is 0. The molecular formula is C14H16Cl2N2O. The van der Waals surface area contributed by atoms with Crippen molar-refractivity contribution in [2.45, 2.75) is 18.9 Å². The minimum Gasteiger partial charge on any atom is -0.334 e. The minimum absolute atomic E-state index is 0.0333. The van der Waals surface area contributed by atoms with Gasteiger partial charge < -0.3 is 10.2 Å². The molecule has 2 fully saturated rings.